The van der Waals surface area contributed by atoms with E-state index in [9.17, 15) is 9.59 Å². The molecule has 32 heavy (non-hydrogen) atoms. The standard InChI is InChI=1S/C24H24BrN3O4/c1-15(24(30)31)32-19-10-7-16(8-11-19)14-26-28-22(17-5-3-2-4-6-17)27-21-12-9-18(25)13-20(21)23(28)29/h7-15,17H,2-6H2,1H3,(H,30,31)/t15-/m0/s1. The first-order valence-electron chi connectivity index (χ1n) is 10.7. The van der Waals surface area contributed by atoms with Gasteiger partial charge in [0.2, 0.25) is 0 Å². The first-order chi connectivity index (χ1) is 15.4. The summed E-state index contributed by atoms with van der Waals surface area (Å²) in [4.78, 5) is 29.1. The van der Waals surface area contributed by atoms with Crippen molar-refractivity contribution in [2.45, 2.75) is 51.0 Å². The van der Waals surface area contributed by atoms with Crippen LogP contribution in [0.5, 0.6) is 5.75 Å². The Labute approximate surface area is 193 Å². The maximum Gasteiger partial charge on any atom is 0.344 e. The maximum atomic E-state index is 13.3. The minimum atomic E-state index is -1.03. The van der Waals surface area contributed by atoms with Gasteiger partial charge in [-0.15, -0.1) is 0 Å². The lowest BCUT2D eigenvalue weighted by Gasteiger charge is -2.22. The second-order valence-electron chi connectivity index (χ2n) is 8.00. The summed E-state index contributed by atoms with van der Waals surface area (Å²) in [5, 5.41) is 14.0. The predicted molar refractivity (Wildman–Crippen MR) is 127 cm³/mol. The Hall–Kier alpha value is -3.00. The van der Waals surface area contributed by atoms with Gasteiger partial charge in [0.15, 0.2) is 6.10 Å². The predicted octanol–water partition coefficient (Wildman–Crippen LogP) is 4.94. The van der Waals surface area contributed by atoms with E-state index in [1.165, 1.54) is 18.0 Å². The van der Waals surface area contributed by atoms with E-state index >= 15 is 0 Å². The summed E-state index contributed by atoms with van der Waals surface area (Å²) in [6.45, 7) is 1.47. The van der Waals surface area contributed by atoms with Crippen molar-refractivity contribution < 1.29 is 14.6 Å². The van der Waals surface area contributed by atoms with Gasteiger partial charge < -0.3 is 9.84 Å². The number of hydrogen-bond acceptors (Lipinski definition) is 5. The zero-order chi connectivity index (χ0) is 22.7. The van der Waals surface area contributed by atoms with Gasteiger partial charge in [0, 0.05) is 10.4 Å². The molecule has 1 aromatic heterocycles. The van der Waals surface area contributed by atoms with Gasteiger partial charge in [-0.1, -0.05) is 35.2 Å². The lowest BCUT2D eigenvalue weighted by atomic mass is 9.88. The van der Waals surface area contributed by atoms with E-state index in [4.69, 9.17) is 14.8 Å². The van der Waals surface area contributed by atoms with Crippen molar-refractivity contribution in [3.05, 3.63) is 68.7 Å². The largest absolute Gasteiger partial charge is 0.479 e. The van der Waals surface area contributed by atoms with E-state index in [1.54, 1.807) is 36.5 Å². The molecule has 1 aliphatic rings. The van der Waals surface area contributed by atoms with Gasteiger partial charge in [0.05, 0.1) is 17.1 Å². The number of carbonyl (C=O) groups is 1. The normalized spacial score (nSPS) is 15.8. The van der Waals surface area contributed by atoms with Crippen LogP contribution in [-0.4, -0.2) is 33.1 Å². The highest BCUT2D eigenvalue weighted by Crippen LogP contribution is 2.32. The Morgan fingerprint density at radius 3 is 2.62 bits per heavy atom. The van der Waals surface area contributed by atoms with Gasteiger partial charge in [0.25, 0.3) is 5.56 Å². The van der Waals surface area contributed by atoms with Crippen LogP contribution in [0.25, 0.3) is 10.9 Å². The van der Waals surface area contributed by atoms with Gasteiger partial charge >= 0.3 is 5.97 Å². The number of aliphatic carboxylic acids is 1. The summed E-state index contributed by atoms with van der Waals surface area (Å²) in [6, 6.07) is 12.4. The van der Waals surface area contributed by atoms with Gasteiger partial charge in [-0.2, -0.15) is 9.78 Å². The molecule has 0 radical (unpaired) electrons. The van der Waals surface area contributed by atoms with Crippen molar-refractivity contribution in [3.8, 4) is 5.75 Å². The Balaban J connectivity index is 1.69. The molecule has 4 rings (SSSR count). The summed E-state index contributed by atoms with van der Waals surface area (Å²) in [5.41, 5.74) is 1.25. The highest BCUT2D eigenvalue weighted by atomic mass is 79.9. The second kappa shape index (κ2) is 9.65. The van der Waals surface area contributed by atoms with Crippen LogP contribution in [0.3, 0.4) is 0 Å². The van der Waals surface area contributed by atoms with E-state index in [-0.39, 0.29) is 11.5 Å². The van der Waals surface area contributed by atoms with Crippen LogP contribution in [0.15, 0.2) is 56.8 Å². The molecule has 0 aliphatic heterocycles. The van der Waals surface area contributed by atoms with E-state index in [1.807, 2.05) is 12.1 Å². The number of halogens is 1. The number of hydrogen-bond donors (Lipinski definition) is 1. The van der Waals surface area contributed by atoms with Crippen LogP contribution in [0.2, 0.25) is 0 Å². The first-order valence-corrected chi connectivity index (χ1v) is 11.5. The van der Waals surface area contributed by atoms with E-state index in [2.05, 4.69) is 21.0 Å². The van der Waals surface area contributed by atoms with Crippen LogP contribution < -0.4 is 10.3 Å². The van der Waals surface area contributed by atoms with Crippen LogP contribution in [0.4, 0.5) is 0 Å². The van der Waals surface area contributed by atoms with Gasteiger partial charge in [-0.3, -0.25) is 4.79 Å². The van der Waals surface area contributed by atoms with Crippen molar-refractivity contribution in [2.75, 3.05) is 0 Å². The van der Waals surface area contributed by atoms with Gasteiger partial charge in [-0.05, 0) is 67.8 Å². The molecular formula is C24H24BrN3O4. The Morgan fingerprint density at radius 2 is 1.94 bits per heavy atom. The molecule has 0 unspecified atom stereocenters. The number of carboxylic acid groups (broad SMARTS) is 1. The molecule has 1 N–H and O–H groups in total. The summed E-state index contributed by atoms with van der Waals surface area (Å²) in [7, 11) is 0. The highest BCUT2D eigenvalue weighted by molar-refractivity contribution is 9.10. The molecule has 1 aliphatic carbocycles. The fourth-order valence-corrected chi connectivity index (χ4v) is 4.28. The zero-order valence-electron chi connectivity index (χ0n) is 17.7. The number of rotatable bonds is 6. The molecule has 8 heteroatoms. The molecule has 1 atom stereocenters. The molecule has 7 nitrogen and oxygen atoms in total. The quantitative estimate of drug-likeness (QED) is 0.486. The maximum absolute atomic E-state index is 13.3. The number of nitrogens with zero attached hydrogens (tertiary/aromatic N) is 3. The van der Waals surface area contributed by atoms with Crippen molar-refractivity contribution in [3.63, 3.8) is 0 Å². The molecule has 0 spiro atoms. The van der Waals surface area contributed by atoms with E-state index in [0.29, 0.717) is 22.5 Å². The van der Waals surface area contributed by atoms with Crippen molar-refractivity contribution >= 4 is 39.0 Å². The minimum Gasteiger partial charge on any atom is -0.479 e. The Bertz CT molecular complexity index is 1210. The number of ether oxygens (including phenoxy) is 1. The number of aromatic nitrogens is 2. The fourth-order valence-electron chi connectivity index (χ4n) is 3.91. The third-order valence-corrected chi connectivity index (χ3v) is 6.16. The van der Waals surface area contributed by atoms with Crippen molar-refractivity contribution in [1.82, 2.24) is 9.66 Å². The molecule has 3 aromatic rings. The second-order valence-corrected chi connectivity index (χ2v) is 8.91. The lowest BCUT2D eigenvalue weighted by molar-refractivity contribution is -0.144. The third kappa shape index (κ3) is 4.91. The molecule has 0 bridgehead atoms. The van der Waals surface area contributed by atoms with E-state index in [0.717, 1.165) is 35.7 Å². The number of carboxylic acids is 1. The van der Waals surface area contributed by atoms with Crippen LogP contribution >= 0.6 is 15.9 Å². The minimum absolute atomic E-state index is 0.191. The first kappa shape index (κ1) is 22.2. The molecule has 166 valence electrons. The van der Waals surface area contributed by atoms with Crippen LogP contribution in [-0.2, 0) is 4.79 Å². The molecule has 1 saturated carbocycles. The van der Waals surface area contributed by atoms with E-state index < -0.39 is 12.1 Å². The lowest BCUT2D eigenvalue weighted by Crippen LogP contribution is -2.25. The fraction of sp³-hybridized carbons (Fsp3) is 0.333. The average molecular weight is 498 g/mol. The topological polar surface area (TPSA) is 93.8 Å². The summed E-state index contributed by atoms with van der Waals surface area (Å²) in [5.74, 6) is 0.334. The molecular weight excluding hydrogens is 474 g/mol. The van der Waals surface area contributed by atoms with Gasteiger partial charge in [0.1, 0.15) is 11.6 Å². The smallest absolute Gasteiger partial charge is 0.344 e. The third-order valence-electron chi connectivity index (χ3n) is 5.67. The molecule has 0 amide bonds. The van der Waals surface area contributed by atoms with Crippen molar-refractivity contribution in [2.24, 2.45) is 5.10 Å². The summed E-state index contributed by atoms with van der Waals surface area (Å²) < 4.78 is 7.60. The number of fused-ring (bicyclic) bond motifs is 1. The van der Waals surface area contributed by atoms with Crippen molar-refractivity contribution in [1.29, 1.82) is 0 Å². The average Bonchev–Trinajstić information content (AvgIpc) is 2.80. The van der Waals surface area contributed by atoms with Crippen LogP contribution in [0.1, 0.15) is 56.3 Å². The zero-order valence-corrected chi connectivity index (χ0v) is 19.3. The Morgan fingerprint density at radius 1 is 1.22 bits per heavy atom. The summed E-state index contributed by atoms with van der Waals surface area (Å²) >= 11 is 3.43. The highest BCUT2D eigenvalue weighted by Gasteiger charge is 2.22. The molecule has 2 aromatic carbocycles. The van der Waals surface area contributed by atoms with Gasteiger partial charge in [-0.25, -0.2) is 9.78 Å². The summed E-state index contributed by atoms with van der Waals surface area (Å²) in [6.07, 6.45) is 6.13. The molecule has 1 heterocycles. The number of benzene rings is 2. The Kier molecular flexibility index (Phi) is 6.69. The van der Waals surface area contributed by atoms with Crippen LogP contribution in [0, 0.1) is 0 Å². The molecule has 0 saturated heterocycles. The molecule has 1 fully saturated rings. The SMILES string of the molecule is C[C@H](Oc1ccc(C=Nn2c(C3CCCCC3)nc3ccc(Br)cc3c2=O)cc1)C(=O)O. The monoisotopic (exact) mass is 497 g/mol.